The first-order valence-electron chi connectivity index (χ1n) is 8.28. The summed E-state index contributed by atoms with van der Waals surface area (Å²) in [6, 6.07) is 2.02. The van der Waals surface area contributed by atoms with Gasteiger partial charge in [-0.05, 0) is 0 Å². The van der Waals surface area contributed by atoms with Gasteiger partial charge in [0, 0.05) is 0 Å². The molecule has 0 fully saturated rings. The van der Waals surface area contributed by atoms with Crippen LogP contribution in [0, 0.1) is 0 Å². The third kappa shape index (κ3) is 6.23. The Morgan fingerprint density at radius 1 is 0.857 bits per heavy atom. The van der Waals surface area contributed by atoms with Gasteiger partial charge in [-0.2, -0.15) is 0 Å². The summed E-state index contributed by atoms with van der Waals surface area (Å²) in [5.74, 6) is 0. The van der Waals surface area contributed by atoms with Gasteiger partial charge in [0.1, 0.15) is 0 Å². The molecule has 0 unspecified atom stereocenters. The van der Waals surface area contributed by atoms with E-state index in [0.29, 0.717) is 10.4 Å². The second-order valence-electron chi connectivity index (χ2n) is 5.94. The quantitative estimate of drug-likeness (QED) is 0.261. The maximum atomic E-state index is 6.16. The van der Waals surface area contributed by atoms with Crippen molar-refractivity contribution in [3.8, 4) is 0 Å². The molecule has 0 atom stereocenters. The van der Waals surface area contributed by atoms with Gasteiger partial charge < -0.3 is 0 Å². The fourth-order valence-electron chi connectivity index (χ4n) is 2.97. The summed E-state index contributed by atoms with van der Waals surface area (Å²) in [5, 5.41) is 0.832. The van der Waals surface area contributed by atoms with Crippen LogP contribution >= 0.6 is 23.2 Å². The summed E-state index contributed by atoms with van der Waals surface area (Å²) >= 11 is 9.74. The molecular formula is C16H28Cl2N2Sn. The molecule has 5 heteroatoms. The molecule has 0 radical (unpaired) electrons. The molecule has 0 saturated heterocycles. The van der Waals surface area contributed by atoms with E-state index in [1.54, 1.807) is 0 Å². The Morgan fingerprint density at radius 2 is 1.33 bits per heavy atom. The van der Waals surface area contributed by atoms with Crippen molar-refractivity contribution in [2.45, 2.75) is 72.6 Å². The predicted molar refractivity (Wildman–Crippen MR) is 96.6 cm³/mol. The average Bonchev–Trinajstić information content (AvgIpc) is 2.46. The van der Waals surface area contributed by atoms with E-state index < -0.39 is 18.4 Å². The molecule has 0 aliphatic heterocycles. The van der Waals surface area contributed by atoms with Gasteiger partial charge in [-0.3, -0.25) is 0 Å². The molecule has 0 spiro atoms. The normalized spacial score (nSPS) is 11.9. The Kier molecular flexibility index (Phi) is 9.54. The fourth-order valence-corrected chi connectivity index (χ4v) is 19.2. The number of hydrogen-bond acceptors (Lipinski definition) is 2. The van der Waals surface area contributed by atoms with Crippen LogP contribution < -0.4 is 3.71 Å². The van der Waals surface area contributed by atoms with Gasteiger partial charge in [0.25, 0.3) is 0 Å². The van der Waals surface area contributed by atoms with Crippen molar-refractivity contribution >= 4 is 45.3 Å². The summed E-state index contributed by atoms with van der Waals surface area (Å²) in [6.07, 6.45) is 7.69. The van der Waals surface area contributed by atoms with Crippen LogP contribution in [0.15, 0.2) is 6.07 Å². The standard InChI is InChI=1S/C4HCl2N2.3C4H9.Sn/c5-3-1-2-7-4(6)8-3;3*1-3-4-2;/h1H;3*1,3-4H2,2H3;. The van der Waals surface area contributed by atoms with Crippen molar-refractivity contribution in [3.05, 3.63) is 16.5 Å². The number of nitrogens with zero attached hydrogens (tertiary/aromatic N) is 2. The first-order chi connectivity index (χ1) is 10.1. The molecule has 1 aromatic rings. The number of unbranched alkanes of at least 4 members (excludes halogenated alkanes) is 3. The second kappa shape index (κ2) is 10.3. The topological polar surface area (TPSA) is 25.8 Å². The molecule has 0 N–H and O–H groups in total. The second-order valence-corrected chi connectivity index (χ2v) is 19.7. The van der Waals surface area contributed by atoms with Crippen LogP contribution in [0.2, 0.25) is 23.7 Å². The zero-order valence-electron chi connectivity index (χ0n) is 13.6. The van der Waals surface area contributed by atoms with Crippen LogP contribution in [-0.2, 0) is 0 Å². The van der Waals surface area contributed by atoms with E-state index in [2.05, 4.69) is 30.7 Å². The number of rotatable bonds is 10. The number of halogens is 2. The first kappa shape index (κ1) is 19.5. The molecule has 0 bridgehead atoms. The minimum atomic E-state index is -2.50. The first-order valence-corrected chi connectivity index (χ1v) is 16.5. The van der Waals surface area contributed by atoms with Crippen molar-refractivity contribution < 1.29 is 0 Å². The SMILES string of the molecule is CCC[CH2][Sn]([CH2]CCC)([CH2]CCC)[c]1cc(Cl)nc(Cl)n1. The number of aromatic nitrogens is 2. The van der Waals surface area contributed by atoms with E-state index in [0.717, 1.165) is 0 Å². The van der Waals surface area contributed by atoms with E-state index in [1.165, 1.54) is 55.5 Å². The Labute approximate surface area is 143 Å². The molecule has 0 saturated carbocycles. The molecule has 1 rings (SSSR count). The predicted octanol–water partition coefficient (Wildman–Crippen LogP) is 5.84. The van der Waals surface area contributed by atoms with E-state index >= 15 is 0 Å². The summed E-state index contributed by atoms with van der Waals surface area (Å²) in [7, 11) is 0. The van der Waals surface area contributed by atoms with Crippen LogP contribution in [0.3, 0.4) is 0 Å². The third-order valence-electron chi connectivity index (χ3n) is 4.24. The van der Waals surface area contributed by atoms with Crippen molar-refractivity contribution in [2.24, 2.45) is 0 Å². The summed E-state index contributed by atoms with van der Waals surface area (Å²) in [4.78, 5) is 8.67. The fraction of sp³-hybridized carbons (Fsp3) is 0.750. The van der Waals surface area contributed by atoms with E-state index in [-0.39, 0.29) is 0 Å². The summed E-state index contributed by atoms with van der Waals surface area (Å²) in [6.45, 7) is 6.82. The molecule has 0 amide bonds. The Balaban J connectivity index is 3.15. The van der Waals surface area contributed by atoms with Gasteiger partial charge in [-0.1, -0.05) is 0 Å². The molecule has 0 aromatic carbocycles. The van der Waals surface area contributed by atoms with Gasteiger partial charge in [0.15, 0.2) is 0 Å². The van der Waals surface area contributed by atoms with Gasteiger partial charge in [0.05, 0.1) is 0 Å². The molecule has 1 heterocycles. The molecule has 120 valence electrons. The van der Waals surface area contributed by atoms with Gasteiger partial charge in [0.2, 0.25) is 0 Å². The molecule has 21 heavy (non-hydrogen) atoms. The van der Waals surface area contributed by atoms with Crippen LogP contribution in [0.5, 0.6) is 0 Å². The van der Waals surface area contributed by atoms with Crippen LogP contribution in [0.1, 0.15) is 59.3 Å². The van der Waals surface area contributed by atoms with Gasteiger partial charge in [-0.15, -0.1) is 0 Å². The van der Waals surface area contributed by atoms with Crippen LogP contribution in [-0.4, -0.2) is 28.3 Å². The minimum absolute atomic E-state index is 0.322. The zero-order chi connectivity index (χ0) is 15.7. The Hall–Kier alpha value is 0.459. The van der Waals surface area contributed by atoms with Crippen LogP contribution in [0.4, 0.5) is 0 Å². The maximum absolute atomic E-state index is 6.16. The van der Waals surface area contributed by atoms with E-state index in [9.17, 15) is 0 Å². The van der Waals surface area contributed by atoms with E-state index in [1.807, 2.05) is 6.07 Å². The summed E-state index contributed by atoms with van der Waals surface area (Å²) < 4.78 is 5.36. The zero-order valence-corrected chi connectivity index (χ0v) is 18.0. The molecular weight excluding hydrogens is 410 g/mol. The monoisotopic (exact) mass is 438 g/mol. The molecule has 2 nitrogen and oxygen atoms in total. The van der Waals surface area contributed by atoms with Crippen molar-refractivity contribution in [1.29, 1.82) is 0 Å². The van der Waals surface area contributed by atoms with E-state index in [4.69, 9.17) is 23.2 Å². The summed E-state index contributed by atoms with van der Waals surface area (Å²) in [5.41, 5.74) is 0. The van der Waals surface area contributed by atoms with Crippen molar-refractivity contribution in [3.63, 3.8) is 0 Å². The molecule has 1 aromatic heterocycles. The van der Waals surface area contributed by atoms with Crippen LogP contribution in [0.25, 0.3) is 0 Å². The van der Waals surface area contributed by atoms with Crippen molar-refractivity contribution in [1.82, 2.24) is 9.97 Å². The third-order valence-corrected chi connectivity index (χ3v) is 19.7. The Morgan fingerprint density at radius 3 is 1.71 bits per heavy atom. The van der Waals surface area contributed by atoms with Gasteiger partial charge >= 0.3 is 144 Å². The molecule has 0 aliphatic rings. The molecule has 0 aliphatic carbocycles. The average molecular weight is 438 g/mol. The van der Waals surface area contributed by atoms with Gasteiger partial charge in [-0.25, -0.2) is 0 Å². The Bertz CT molecular complexity index is 385. The van der Waals surface area contributed by atoms with Crippen molar-refractivity contribution in [2.75, 3.05) is 0 Å². The number of hydrogen-bond donors (Lipinski definition) is 0.